The Hall–Kier alpha value is -3.33. The Balaban J connectivity index is 1.71. The summed E-state index contributed by atoms with van der Waals surface area (Å²) in [4.78, 5) is 14.4. The summed E-state index contributed by atoms with van der Waals surface area (Å²) in [7, 11) is 0. The fraction of sp³-hybridized carbons (Fsp3) is 0.286. The molecule has 0 atom stereocenters. The van der Waals surface area contributed by atoms with E-state index in [0.717, 1.165) is 11.8 Å². The van der Waals surface area contributed by atoms with Crippen molar-refractivity contribution in [2.24, 2.45) is 5.73 Å². The number of nitrogens with two attached hydrogens (primary N) is 1. The molecule has 9 heteroatoms. The fourth-order valence-electron chi connectivity index (χ4n) is 3.36. The first-order chi connectivity index (χ1) is 14.5. The minimum absolute atomic E-state index is 0.149. The van der Waals surface area contributed by atoms with Crippen molar-refractivity contribution in [2.45, 2.75) is 26.4 Å². The van der Waals surface area contributed by atoms with Crippen LogP contribution in [-0.4, -0.2) is 34.1 Å². The molecule has 1 aliphatic rings. The summed E-state index contributed by atoms with van der Waals surface area (Å²) >= 11 is 0. The molecule has 1 aliphatic heterocycles. The summed E-state index contributed by atoms with van der Waals surface area (Å²) in [6.45, 7) is 5.41. The third-order valence-electron chi connectivity index (χ3n) is 4.88. The first kappa shape index (κ1) is 20.0. The molecule has 3 aromatic rings. The SMILES string of the molecule is CC(C)N1CCOc2c(F)cc(-c3cc(Nc4ncc(CN)cn4)ncc3F)cc21. The number of anilines is 3. The maximum absolute atomic E-state index is 14.8. The predicted octanol–water partition coefficient (Wildman–Crippen LogP) is 3.63. The maximum Gasteiger partial charge on any atom is 0.228 e. The first-order valence-electron chi connectivity index (χ1n) is 9.63. The van der Waals surface area contributed by atoms with Crippen LogP contribution in [0.2, 0.25) is 0 Å². The van der Waals surface area contributed by atoms with Gasteiger partial charge in [0.25, 0.3) is 0 Å². The average molecular weight is 412 g/mol. The van der Waals surface area contributed by atoms with Gasteiger partial charge in [-0.05, 0) is 37.6 Å². The summed E-state index contributed by atoms with van der Waals surface area (Å²) in [5.74, 6) is -0.262. The van der Waals surface area contributed by atoms with Gasteiger partial charge < -0.3 is 20.7 Å². The summed E-state index contributed by atoms with van der Waals surface area (Å²) in [5.41, 5.74) is 7.54. The number of benzene rings is 1. The molecule has 1 aromatic carbocycles. The van der Waals surface area contributed by atoms with E-state index in [4.69, 9.17) is 10.5 Å². The van der Waals surface area contributed by atoms with E-state index in [1.807, 2.05) is 18.7 Å². The van der Waals surface area contributed by atoms with Gasteiger partial charge in [-0.2, -0.15) is 0 Å². The number of hydrogen-bond donors (Lipinski definition) is 2. The summed E-state index contributed by atoms with van der Waals surface area (Å²) in [6, 6.07) is 4.67. The number of nitrogens with zero attached hydrogens (tertiary/aromatic N) is 4. The van der Waals surface area contributed by atoms with Gasteiger partial charge in [-0.1, -0.05) is 0 Å². The summed E-state index contributed by atoms with van der Waals surface area (Å²) in [6.07, 6.45) is 4.28. The molecule has 7 nitrogen and oxygen atoms in total. The Bertz CT molecular complexity index is 1060. The molecule has 0 spiro atoms. The average Bonchev–Trinajstić information content (AvgIpc) is 2.75. The number of nitrogens with one attached hydrogen (secondary N) is 1. The number of halogens is 2. The Morgan fingerprint density at radius 3 is 2.57 bits per heavy atom. The highest BCUT2D eigenvalue weighted by molar-refractivity contribution is 5.75. The van der Waals surface area contributed by atoms with Crippen molar-refractivity contribution in [3.8, 4) is 16.9 Å². The molecule has 0 unspecified atom stereocenters. The van der Waals surface area contributed by atoms with Crippen LogP contribution in [0.3, 0.4) is 0 Å². The van der Waals surface area contributed by atoms with Crippen molar-refractivity contribution in [3.63, 3.8) is 0 Å². The topological polar surface area (TPSA) is 89.2 Å². The van der Waals surface area contributed by atoms with Crippen LogP contribution in [0, 0.1) is 11.6 Å². The van der Waals surface area contributed by atoms with Crippen molar-refractivity contribution >= 4 is 17.5 Å². The zero-order valence-electron chi connectivity index (χ0n) is 16.7. The monoisotopic (exact) mass is 412 g/mol. The van der Waals surface area contributed by atoms with Crippen molar-refractivity contribution in [1.29, 1.82) is 0 Å². The molecule has 0 saturated heterocycles. The van der Waals surface area contributed by atoms with Gasteiger partial charge in [0.05, 0.1) is 18.4 Å². The molecule has 3 N–H and O–H groups in total. The highest BCUT2D eigenvalue weighted by Gasteiger charge is 2.25. The molecule has 0 saturated carbocycles. The van der Waals surface area contributed by atoms with Crippen LogP contribution in [0.5, 0.6) is 5.75 Å². The molecule has 4 rings (SSSR count). The lowest BCUT2D eigenvalue weighted by Crippen LogP contribution is -2.38. The third-order valence-corrected chi connectivity index (χ3v) is 4.88. The van der Waals surface area contributed by atoms with E-state index >= 15 is 0 Å². The standard InChI is InChI=1S/C21H22F2N6O/c1-12(2)29-3-4-30-20-16(22)5-14(6-18(20)29)15-7-19(25-11-17(15)23)28-21-26-9-13(8-24)10-27-21/h5-7,9-12H,3-4,8,24H2,1-2H3,(H,25,26,27,28). The normalized spacial score (nSPS) is 13.2. The van der Waals surface area contributed by atoms with Crippen molar-refractivity contribution < 1.29 is 13.5 Å². The Morgan fingerprint density at radius 2 is 1.87 bits per heavy atom. The summed E-state index contributed by atoms with van der Waals surface area (Å²) in [5, 5.41) is 2.93. The second kappa shape index (κ2) is 8.19. The molecule has 30 heavy (non-hydrogen) atoms. The number of pyridine rings is 1. The van der Waals surface area contributed by atoms with E-state index in [2.05, 4.69) is 20.3 Å². The van der Waals surface area contributed by atoms with E-state index in [0.29, 0.717) is 42.7 Å². The molecular formula is C21H22F2N6O. The molecule has 156 valence electrons. The minimum atomic E-state index is -0.563. The van der Waals surface area contributed by atoms with E-state index in [1.54, 1.807) is 18.5 Å². The largest absolute Gasteiger partial charge is 0.486 e. The van der Waals surface area contributed by atoms with Gasteiger partial charge in [0, 0.05) is 36.1 Å². The quantitative estimate of drug-likeness (QED) is 0.661. The molecule has 0 bridgehead atoms. The first-order valence-corrected chi connectivity index (χ1v) is 9.63. The lowest BCUT2D eigenvalue weighted by molar-refractivity contribution is 0.287. The number of fused-ring (bicyclic) bond motifs is 1. The molecule has 2 aromatic heterocycles. The zero-order chi connectivity index (χ0) is 21.3. The lowest BCUT2D eigenvalue weighted by atomic mass is 10.0. The van der Waals surface area contributed by atoms with Gasteiger partial charge in [0.2, 0.25) is 5.95 Å². The van der Waals surface area contributed by atoms with E-state index in [-0.39, 0.29) is 17.4 Å². The van der Waals surface area contributed by atoms with Crippen LogP contribution in [-0.2, 0) is 6.54 Å². The fourth-order valence-corrected chi connectivity index (χ4v) is 3.36. The molecule has 3 heterocycles. The molecule has 0 radical (unpaired) electrons. The van der Waals surface area contributed by atoms with Crippen molar-refractivity contribution in [1.82, 2.24) is 15.0 Å². The van der Waals surface area contributed by atoms with Crippen LogP contribution < -0.4 is 20.7 Å². The number of aromatic nitrogens is 3. The lowest BCUT2D eigenvalue weighted by Gasteiger charge is -2.35. The van der Waals surface area contributed by atoms with E-state index in [9.17, 15) is 8.78 Å². The maximum atomic E-state index is 14.8. The second-order valence-electron chi connectivity index (χ2n) is 7.24. The second-order valence-corrected chi connectivity index (χ2v) is 7.24. The molecular weight excluding hydrogens is 390 g/mol. The van der Waals surface area contributed by atoms with Gasteiger partial charge in [-0.25, -0.2) is 23.7 Å². The van der Waals surface area contributed by atoms with Crippen molar-refractivity contribution in [3.05, 3.63) is 54.0 Å². The minimum Gasteiger partial charge on any atom is -0.486 e. The van der Waals surface area contributed by atoms with Crippen LogP contribution >= 0.6 is 0 Å². The third kappa shape index (κ3) is 3.88. The van der Waals surface area contributed by atoms with Crippen molar-refractivity contribution in [2.75, 3.05) is 23.4 Å². The van der Waals surface area contributed by atoms with Crippen LogP contribution in [0.15, 0.2) is 36.8 Å². The van der Waals surface area contributed by atoms with Gasteiger partial charge in [0.1, 0.15) is 18.2 Å². The predicted molar refractivity (Wildman–Crippen MR) is 111 cm³/mol. The van der Waals surface area contributed by atoms with Gasteiger partial charge >= 0.3 is 0 Å². The zero-order valence-corrected chi connectivity index (χ0v) is 16.7. The number of rotatable bonds is 5. The van der Waals surface area contributed by atoms with Gasteiger partial charge in [0.15, 0.2) is 11.6 Å². The van der Waals surface area contributed by atoms with Gasteiger partial charge in [-0.15, -0.1) is 0 Å². The highest BCUT2D eigenvalue weighted by atomic mass is 19.1. The number of hydrogen-bond acceptors (Lipinski definition) is 7. The Morgan fingerprint density at radius 1 is 1.10 bits per heavy atom. The van der Waals surface area contributed by atoms with Crippen LogP contribution in [0.1, 0.15) is 19.4 Å². The Labute approximate surface area is 172 Å². The highest BCUT2D eigenvalue weighted by Crippen LogP contribution is 2.40. The van der Waals surface area contributed by atoms with Crippen LogP contribution in [0.4, 0.5) is 26.2 Å². The van der Waals surface area contributed by atoms with E-state index < -0.39 is 11.6 Å². The molecule has 0 amide bonds. The molecule has 0 fully saturated rings. The molecule has 0 aliphatic carbocycles. The Kier molecular flexibility index (Phi) is 5.45. The smallest absolute Gasteiger partial charge is 0.228 e. The number of ether oxygens (including phenoxy) is 1. The van der Waals surface area contributed by atoms with Crippen LogP contribution in [0.25, 0.3) is 11.1 Å². The van der Waals surface area contributed by atoms with E-state index in [1.165, 1.54) is 12.1 Å². The summed E-state index contributed by atoms with van der Waals surface area (Å²) < 4.78 is 34.9. The van der Waals surface area contributed by atoms with Gasteiger partial charge in [-0.3, -0.25) is 0 Å².